The number of nitrogens with one attached hydrogen (secondary N) is 1. The second kappa shape index (κ2) is 4.96. The Hall–Kier alpha value is -1.89. The lowest BCUT2D eigenvalue weighted by molar-refractivity contribution is 0.398. The quantitative estimate of drug-likeness (QED) is 0.855. The van der Waals surface area contributed by atoms with Gasteiger partial charge in [-0.25, -0.2) is 4.98 Å². The average molecular weight is 251 g/mol. The molecule has 0 spiro atoms. The first kappa shape index (κ1) is 11.6. The zero-order valence-electron chi connectivity index (χ0n) is 9.60. The van der Waals surface area contributed by atoms with Crippen LogP contribution >= 0.6 is 11.3 Å². The minimum atomic E-state index is 0.182. The summed E-state index contributed by atoms with van der Waals surface area (Å²) in [5, 5.41) is 6.17. The molecule has 0 aliphatic heterocycles. The summed E-state index contributed by atoms with van der Waals surface area (Å²) in [6.45, 7) is 2.57. The number of nitrogens with zero attached hydrogens (tertiary/aromatic N) is 3. The van der Waals surface area contributed by atoms with E-state index in [1.807, 2.05) is 12.3 Å². The van der Waals surface area contributed by atoms with Gasteiger partial charge in [-0.1, -0.05) is 0 Å². The highest BCUT2D eigenvalue weighted by atomic mass is 32.1. The molecule has 0 saturated carbocycles. The van der Waals surface area contributed by atoms with E-state index in [0.717, 1.165) is 10.7 Å². The zero-order chi connectivity index (χ0) is 12.3. The minimum Gasteiger partial charge on any atom is -0.481 e. The van der Waals surface area contributed by atoms with Crippen molar-refractivity contribution in [1.82, 2.24) is 15.0 Å². The number of nitrogen functional groups attached to an aromatic ring is 1. The number of methoxy groups -OCH3 is 1. The van der Waals surface area contributed by atoms with Crippen molar-refractivity contribution >= 4 is 23.1 Å². The van der Waals surface area contributed by atoms with E-state index in [4.69, 9.17) is 10.5 Å². The smallest absolute Gasteiger partial charge is 0.225 e. The van der Waals surface area contributed by atoms with Crippen LogP contribution in [0.25, 0.3) is 0 Å². The summed E-state index contributed by atoms with van der Waals surface area (Å²) in [4.78, 5) is 12.3. The van der Waals surface area contributed by atoms with Crippen LogP contribution < -0.4 is 15.8 Å². The maximum Gasteiger partial charge on any atom is 0.225 e. The first-order valence-electron chi connectivity index (χ1n) is 5.01. The first-order valence-corrected chi connectivity index (χ1v) is 5.89. The van der Waals surface area contributed by atoms with Gasteiger partial charge in [-0.15, -0.1) is 11.3 Å². The second-order valence-electron chi connectivity index (χ2n) is 3.37. The van der Waals surface area contributed by atoms with Gasteiger partial charge in [0.1, 0.15) is 5.82 Å². The van der Waals surface area contributed by atoms with E-state index in [2.05, 4.69) is 20.3 Å². The lowest BCUT2D eigenvalue weighted by Gasteiger charge is -2.06. The number of ether oxygens (including phenoxy) is 1. The molecule has 0 atom stereocenters. The summed E-state index contributed by atoms with van der Waals surface area (Å²) in [5.74, 6) is 1.25. The van der Waals surface area contributed by atoms with Crippen LogP contribution in [-0.4, -0.2) is 22.1 Å². The van der Waals surface area contributed by atoms with E-state index in [0.29, 0.717) is 18.2 Å². The van der Waals surface area contributed by atoms with Crippen molar-refractivity contribution in [2.45, 2.75) is 13.5 Å². The normalized spacial score (nSPS) is 10.2. The van der Waals surface area contributed by atoms with Gasteiger partial charge in [0.05, 0.1) is 24.4 Å². The van der Waals surface area contributed by atoms with Gasteiger partial charge in [-0.2, -0.15) is 9.97 Å². The molecular formula is C10H13N5OS. The molecule has 0 aromatic carbocycles. The molecule has 2 heterocycles. The van der Waals surface area contributed by atoms with E-state index >= 15 is 0 Å². The average Bonchev–Trinajstić information content (AvgIpc) is 2.72. The number of hydrogen-bond donors (Lipinski definition) is 2. The first-order chi connectivity index (χ1) is 8.17. The molecule has 0 saturated heterocycles. The van der Waals surface area contributed by atoms with E-state index in [-0.39, 0.29) is 5.95 Å². The summed E-state index contributed by atoms with van der Waals surface area (Å²) in [7, 11) is 1.54. The fourth-order valence-corrected chi connectivity index (χ4v) is 1.92. The number of hydrogen-bond acceptors (Lipinski definition) is 7. The molecule has 0 aliphatic carbocycles. The van der Waals surface area contributed by atoms with Crippen LogP contribution in [0.1, 0.15) is 10.7 Å². The van der Waals surface area contributed by atoms with Gasteiger partial charge in [0, 0.05) is 11.4 Å². The van der Waals surface area contributed by atoms with Crippen LogP contribution in [-0.2, 0) is 6.54 Å². The fourth-order valence-electron chi connectivity index (χ4n) is 1.31. The molecule has 6 nitrogen and oxygen atoms in total. The predicted octanol–water partition coefficient (Wildman–Crippen LogP) is 1.44. The molecule has 2 rings (SSSR count). The molecule has 2 aromatic rings. The number of thiazole rings is 1. The van der Waals surface area contributed by atoms with Crippen molar-refractivity contribution in [3.63, 3.8) is 0 Å². The van der Waals surface area contributed by atoms with Crippen molar-refractivity contribution in [1.29, 1.82) is 0 Å². The number of anilines is 2. The molecule has 2 aromatic heterocycles. The van der Waals surface area contributed by atoms with Crippen LogP contribution in [0, 0.1) is 6.92 Å². The van der Waals surface area contributed by atoms with E-state index in [1.165, 1.54) is 7.11 Å². The predicted molar refractivity (Wildman–Crippen MR) is 67.2 cm³/mol. The fraction of sp³-hybridized carbons (Fsp3) is 0.300. The molecular weight excluding hydrogens is 238 g/mol. The van der Waals surface area contributed by atoms with Crippen LogP contribution in [0.4, 0.5) is 11.8 Å². The van der Waals surface area contributed by atoms with Gasteiger partial charge in [-0.3, -0.25) is 0 Å². The Labute approximate surface area is 103 Å². The monoisotopic (exact) mass is 251 g/mol. The third kappa shape index (κ3) is 3.04. The summed E-state index contributed by atoms with van der Waals surface area (Å²) >= 11 is 1.62. The SMILES string of the molecule is COc1cc(NCc2csc(C)n2)nc(N)n1. The molecule has 7 heteroatoms. The number of nitrogens with two attached hydrogens (primary N) is 1. The minimum absolute atomic E-state index is 0.182. The topological polar surface area (TPSA) is 86.0 Å². The molecule has 90 valence electrons. The molecule has 0 unspecified atom stereocenters. The second-order valence-corrected chi connectivity index (χ2v) is 4.43. The maximum atomic E-state index is 5.55. The third-order valence-corrected chi connectivity index (χ3v) is 2.87. The molecule has 0 aliphatic rings. The maximum absolute atomic E-state index is 5.55. The van der Waals surface area contributed by atoms with Crippen LogP contribution in [0.15, 0.2) is 11.4 Å². The van der Waals surface area contributed by atoms with Gasteiger partial charge in [-0.05, 0) is 6.92 Å². The Morgan fingerprint density at radius 1 is 1.41 bits per heavy atom. The molecule has 0 radical (unpaired) electrons. The van der Waals surface area contributed by atoms with Gasteiger partial charge < -0.3 is 15.8 Å². The van der Waals surface area contributed by atoms with Crippen LogP contribution in [0.3, 0.4) is 0 Å². The van der Waals surface area contributed by atoms with Gasteiger partial charge in [0.2, 0.25) is 11.8 Å². The van der Waals surface area contributed by atoms with E-state index in [9.17, 15) is 0 Å². The van der Waals surface area contributed by atoms with Crippen molar-refractivity contribution in [2.75, 3.05) is 18.2 Å². The summed E-state index contributed by atoms with van der Waals surface area (Å²) in [6, 6.07) is 1.69. The molecule has 3 N–H and O–H groups in total. The zero-order valence-corrected chi connectivity index (χ0v) is 10.4. The Bertz CT molecular complexity index is 513. The highest BCUT2D eigenvalue weighted by Crippen LogP contribution is 2.15. The largest absolute Gasteiger partial charge is 0.481 e. The Balaban J connectivity index is 2.05. The standard InChI is InChI=1S/C10H13N5OS/c1-6-13-7(5-17-6)4-12-8-3-9(16-2)15-10(11)14-8/h3,5H,4H2,1-2H3,(H3,11,12,14,15). The summed E-state index contributed by atoms with van der Waals surface area (Å²) in [6.07, 6.45) is 0. The van der Waals surface area contributed by atoms with Gasteiger partial charge >= 0.3 is 0 Å². The third-order valence-electron chi connectivity index (χ3n) is 2.05. The van der Waals surface area contributed by atoms with Crippen molar-refractivity contribution in [3.05, 3.63) is 22.1 Å². The Morgan fingerprint density at radius 3 is 2.88 bits per heavy atom. The van der Waals surface area contributed by atoms with E-state index in [1.54, 1.807) is 17.4 Å². The van der Waals surface area contributed by atoms with Crippen molar-refractivity contribution in [3.8, 4) is 5.88 Å². The number of rotatable bonds is 4. The number of aryl methyl sites for hydroxylation is 1. The van der Waals surface area contributed by atoms with Crippen LogP contribution in [0.5, 0.6) is 5.88 Å². The summed E-state index contributed by atoms with van der Waals surface area (Å²) in [5.41, 5.74) is 6.53. The van der Waals surface area contributed by atoms with Gasteiger partial charge in [0.15, 0.2) is 0 Å². The summed E-state index contributed by atoms with van der Waals surface area (Å²) < 4.78 is 5.01. The van der Waals surface area contributed by atoms with E-state index < -0.39 is 0 Å². The Kier molecular flexibility index (Phi) is 3.38. The lowest BCUT2D eigenvalue weighted by atomic mass is 10.4. The lowest BCUT2D eigenvalue weighted by Crippen LogP contribution is -2.05. The van der Waals surface area contributed by atoms with Crippen LogP contribution in [0.2, 0.25) is 0 Å². The molecule has 17 heavy (non-hydrogen) atoms. The van der Waals surface area contributed by atoms with Crippen molar-refractivity contribution < 1.29 is 4.74 Å². The molecule has 0 fully saturated rings. The highest BCUT2D eigenvalue weighted by Gasteiger charge is 2.03. The molecule has 0 amide bonds. The van der Waals surface area contributed by atoms with Crippen molar-refractivity contribution in [2.24, 2.45) is 0 Å². The highest BCUT2D eigenvalue weighted by molar-refractivity contribution is 7.09. The number of aromatic nitrogens is 3. The molecule has 0 bridgehead atoms. The Morgan fingerprint density at radius 2 is 2.24 bits per heavy atom. The van der Waals surface area contributed by atoms with Gasteiger partial charge in [0.25, 0.3) is 0 Å².